The molecule has 1 aliphatic rings. The molecule has 2 atom stereocenters. The number of carboxylic acid groups (broad SMARTS) is 1. The van der Waals surface area contributed by atoms with Crippen molar-refractivity contribution in [2.75, 3.05) is 33.4 Å². The molecular weight excluding hydrogens is 244 g/mol. The molecule has 1 aliphatic heterocycles. The predicted octanol–water partition coefficient (Wildman–Crippen LogP) is 1.32. The Balaban J connectivity index is 2.30. The zero-order valence-corrected chi connectivity index (χ0v) is 12.2. The molecule has 1 rings (SSSR count). The second-order valence-corrected chi connectivity index (χ2v) is 5.68. The topological polar surface area (TPSA) is 75.8 Å². The number of carboxylic acids is 1. The molecule has 0 aromatic rings. The summed E-state index contributed by atoms with van der Waals surface area (Å²) in [6.07, 6.45) is 4.30. The van der Waals surface area contributed by atoms with Crippen molar-refractivity contribution >= 4 is 5.97 Å². The first-order valence-corrected chi connectivity index (χ1v) is 7.25. The number of likely N-dealkylation sites (tertiary alicyclic amines) is 1. The SMILES string of the molecule is CCC(N)(CCCN1CCCC(COC)C1)C(=O)O. The van der Waals surface area contributed by atoms with Crippen molar-refractivity contribution < 1.29 is 14.6 Å². The van der Waals surface area contributed by atoms with Crippen LogP contribution in [0, 0.1) is 5.92 Å². The van der Waals surface area contributed by atoms with Gasteiger partial charge in [-0.2, -0.15) is 0 Å². The smallest absolute Gasteiger partial charge is 0.323 e. The Bertz CT molecular complexity index is 284. The number of hydrogen-bond acceptors (Lipinski definition) is 4. The lowest BCUT2D eigenvalue weighted by Gasteiger charge is -2.33. The van der Waals surface area contributed by atoms with Crippen molar-refractivity contribution in [3.8, 4) is 0 Å². The number of hydrogen-bond donors (Lipinski definition) is 2. The van der Waals surface area contributed by atoms with Gasteiger partial charge in [0.25, 0.3) is 0 Å². The maximum Gasteiger partial charge on any atom is 0.323 e. The van der Waals surface area contributed by atoms with Crippen molar-refractivity contribution in [1.82, 2.24) is 4.90 Å². The summed E-state index contributed by atoms with van der Waals surface area (Å²) in [5.74, 6) is -0.266. The molecule has 0 bridgehead atoms. The Hall–Kier alpha value is -0.650. The van der Waals surface area contributed by atoms with Gasteiger partial charge < -0.3 is 20.5 Å². The molecule has 5 heteroatoms. The Morgan fingerprint density at radius 3 is 2.89 bits per heavy atom. The number of piperidine rings is 1. The molecule has 0 aromatic heterocycles. The average molecular weight is 272 g/mol. The highest BCUT2D eigenvalue weighted by Gasteiger charge is 2.31. The molecule has 2 unspecified atom stereocenters. The number of nitrogens with zero attached hydrogens (tertiary/aromatic N) is 1. The van der Waals surface area contributed by atoms with E-state index in [1.54, 1.807) is 7.11 Å². The summed E-state index contributed by atoms with van der Waals surface area (Å²) < 4.78 is 5.21. The van der Waals surface area contributed by atoms with E-state index in [4.69, 9.17) is 15.6 Å². The van der Waals surface area contributed by atoms with Crippen LogP contribution < -0.4 is 5.73 Å². The normalized spacial score (nSPS) is 24.1. The zero-order valence-electron chi connectivity index (χ0n) is 12.2. The Morgan fingerprint density at radius 1 is 1.58 bits per heavy atom. The van der Waals surface area contributed by atoms with Crippen molar-refractivity contribution in [3.63, 3.8) is 0 Å². The minimum atomic E-state index is -1.05. The molecule has 1 heterocycles. The average Bonchev–Trinajstić information content (AvgIpc) is 2.39. The molecule has 0 spiro atoms. The van der Waals surface area contributed by atoms with Gasteiger partial charge in [0.15, 0.2) is 0 Å². The third-order valence-electron chi connectivity index (χ3n) is 4.16. The number of methoxy groups -OCH3 is 1. The highest BCUT2D eigenvalue weighted by molar-refractivity contribution is 5.78. The summed E-state index contributed by atoms with van der Waals surface area (Å²) in [6, 6.07) is 0. The first-order valence-electron chi connectivity index (χ1n) is 7.25. The quantitative estimate of drug-likeness (QED) is 0.697. The van der Waals surface area contributed by atoms with Gasteiger partial charge in [0.05, 0.1) is 6.61 Å². The predicted molar refractivity (Wildman–Crippen MR) is 75.1 cm³/mol. The van der Waals surface area contributed by atoms with Crippen LogP contribution in [-0.2, 0) is 9.53 Å². The van der Waals surface area contributed by atoms with Gasteiger partial charge in [-0.1, -0.05) is 6.92 Å². The van der Waals surface area contributed by atoms with Crippen LogP contribution in [0.2, 0.25) is 0 Å². The number of rotatable bonds is 8. The fourth-order valence-corrected chi connectivity index (χ4v) is 2.78. The second kappa shape index (κ2) is 7.82. The van der Waals surface area contributed by atoms with Crippen molar-refractivity contribution in [2.45, 2.75) is 44.6 Å². The van der Waals surface area contributed by atoms with E-state index in [2.05, 4.69) is 4.90 Å². The lowest BCUT2D eigenvalue weighted by atomic mass is 9.91. The zero-order chi connectivity index (χ0) is 14.3. The standard InChI is InChI=1S/C14H28N2O3/c1-3-14(15,13(17)18)7-5-9-16-8-4-6-12(10-16)11-19-2/h12H,3-11,15H2,1-2H3,(H,17,18). The maximum atomic E-state index is 11.1. The third kappa shape index (κ3) is 5.09. The van der Waals surface area contributed by atoms with Gasteiger partial charge in [-0.3, -0.25) is 4.79 Å². The van der Waals surface area contributed by atoms with E-state index in [1.165, 1.54) is 12.8 Å². The molecule has 0 saturated carbocycles. The molecule has 5 nitrogen and oxygen atoms in total. The van der Waals surface area contributed by atoms with Gasteiger partial charge in [0, 0.05) is 13.7 Å². The van der Waals surface area contributed by atoms with Crippen molar-refractivity contribution in [1.29, 1.82) is 0 Å². The molecule has 3 N–H and O–H groups in total. The molecule has 0 aromatic carbocycles. The number of carbonyl (C=O) groups is 1. The third-order valence-corrected chi connectivity index (χ3v) is 4.16. The van der Waals surface area contributed by atoms with E-state index in [0.717, 1.165) is 32.7 Å². The van der Waals surface area contributed by atoms with Gasteiger partial charge >= 0.3 is 5.97 Å². The van der Waals surface area contributed by atoms with Crippen LogP contribution in [0.15, 0.2) is 0 Å². The summed E-state index contributed by atoms with van der Waals surface area (Å²) in [4.78, 5) is 13.5. The molecule has 0 radical (unpaired) electrons. The molecular formula is C14H28N2O3. The van der Waals surface area contributed by atoms with Gasteiger partial charge in [0.2, 0.25) is 0 Å². The summed E-state index contributed by atoms with van der Waals surface area (Å²) in [5, 5.41) is 9.13. The fourth-order valence-electron chi connectivity index (χ4n) is 2.78. The minimum absolute atomic E-state index is 0.481. The van der Waals surface area contributed by atoms with E-state index in [9.17, 15) is 4.79 Å². The van der Waals surface area contributed by atoms with Gasteiger partial charge in [-0.25, -0.2) is 0 Å². The summed E-state index contributed by atoms with van der Waals surface area (Å²) >= 11 is 0. The first-order chi connectivity index (χ1) is 9.01. The van der Waals surface area contributed by atoms with Crippen LogP contribution in [0.3, 0.4) is 0 Å². The Morgan fingerprint density at radius 2 is 2.32 bits per heavy atom. The molecule has 1 fully saturated rings. The van der Waals surface area contributed by atoms with E-state index in [1.807, 2.05) is 6.92 Å². The highest BCUT2D eigenvalue weighted by Crippen LogP contribution is 2.19. The monoisotopic (exact) mass is 272 g/mol. The van der Waals surface area contributed by atoms with Crippen molar-refractivity contribution in [2.24, 2.45) is 11.7 Å². The lowest BCUT2D eigenvalue weighted by molar-refractivity contribution is -0.143. The number of nitrogens with two attached hydrogens (primary N) is 1. The number of ether oxygens (including phenoxy) is 1. The molecule has 0 amide bonds. The van der Waals surface area contributed by atoms with Crippen LogP contribution in [-0.4, -0.2) is 54.9 Å². The lowest BCUT2D eigenvalue weighted by Crippen LogP contribution is -2.48. The Labute approximate surface area is 116 Å². The van der Waals surface area contributed by atoms with Gasteiger partial charge in [0.1, 0.15) is 5.54 Å². The van der Waals surface area contributed by atoms with Crippen LogP contribution in [0.25, 0.3) is 0 Å². The largest absolute Gasteiger partial charge is 0.480 e. The summed E-state index contributed by atoms with van der Waals surface area (Å²) in [6.45, 7) is 5.76. The summed E-state index contributed by atoms with van der Waals surface area (Å²) in [7, 11) is 1.75. The molecule has 112 valence electrons. The van der Waals surface area contributed by atoms with Crippen LogP contribution in [0.4, 0.5) is 0 Å². The van der Waals surface area contributed by atoms with Gasteiger partial charge in [-0.15, -0.1) is 0 Å². The van der Waals surface area contributed by atoms with Crippen LogP contribution in [0.1, 0.15) is 39.0 Å². The van der Waals surface area contributed by atoms with Crippen LogP contribution in [0.5, 0.6) is 0 Å². The van der Waals surface area contributed by atoms with E-state index >= 15 is 0 Å². The summed E-state index contributed by atoms with van der Waals surface area (Å²) in [5.41, 5.74) is 4.84. The van der Waals surface area contributed by atoms with E-state index in [-0.39, 0.29) is 0 Å². The van der Waals surface area contributed by atoms with E-state index in [0.29, 0.717) is 18.8 Å². The molecule has 19 heavy (non-hydrogen) atoms. The van der Waals surface area contributed by atoms with Crippen LogP contribution >= 0.6 is 0 Å². The molecule has 1 saturated heterocycles. The molecule has 0 aliphatic carbocycles. The maximum absolute atomic E-state index is 11.1. The van der Waals surface area contributed by atoms with E-state index < -0.39 is 11.5 Å². The van der Waals surface area contributed by atoms with Gasteiger partial charge in [-0.05, 0) is 51.1 Å². The number of aliphatic carboxylic acids is 1. The minimum Gasteiger partial charge on any atom is -0.480 e. The fraction of sp³-hybridized carbons (Fsp3) is 0.929. The Kier molecular flexibility index (Phi) is 6.75. The van der Waals surface area contributed by atoms with Crippen molar-refractivity contribution in [3.05, 3.63) is 0 Å². The first kappa shape index (κ1) is 16.4. The second-order valence-electron chi connectivity index (χ2n) is 5.68. The highest BCUT2D eigenvalue weighted by atomic mass is 16.5.